The Labute approximate surface area is 222 Å². The fourth-order valence-electron chi connectivity index (χ4n) is 4.93. The van der Waals surface area contributed by atoms with Crippen LogP contribution in [0.2, 0.25) is 0 Å². The normalized spacial score (nSPS) is 17.7. The van der Waals surface area contributed by atoms with E-state index in [0.29, 0.717) is 17.7 Å². The van der Waals surface area contributed by atoms with E-state index in [1.54, 1.807) is 18.2 Å². The van der Waals surface area contributed by atoms with Crippen LogP contribution >= 0.6 is 11.8 Å². The minimum absolute atomic E-state index is 0.0435. The predicted molar refractivity (Wildman–Crippen MR) is 140 cm³/mol. The molecule has 0 spiro atoms. The number of ether oxygens (including phenoxy) is 2. The van der Waals surface area contributed by atoms with Gasteiger partial charge >= 0.3 is 6.61 Å². The molecule has 0 aromatic heterocycles. The number of alkyl halides is 3. The Morgan fingerprint density at radius 1 is 1.03 bits per heavy atom. The van der Waals surface area contributed by atoms with Crippen LogP contribution in [-0.2, 0) is 0 Å². The van der Waals surface area contributed by atoms with Gasteiger partial charge in [-0.25, -0.2) is 4.39 Å². The highest BCUT2D eigenvalue weighted by molar-refractivity contribution is 7.99. The van der Waals surface area contributed by atoms with Crippen molar-refractivity contribution in [2.45, 2.75) is 30.5 Å². The zero-order valence-electron chi connectivity index (χ0n) is 20.5. The average Bonchev–Trinajstić information content (AvgIpc) is 3.35. The highest BCUT2D eigenvalue weighted by Gasteiger charge is 2.25. The summed E-state index contributed by atoms with van der Waals surface area (Å²) in [6, 6.07) is 16.8. The summed E-state index contributed by atoms with van der Waals surface area (Å²) in [6.07, 6.45) is 1.46. The number of phenols is 1. The van der Waals surface area contributed by atoms with Gasteiger partial charge in [-0.3, -0.25) is 9.29 Å². The number of thioether (sulfide) groups is 1. The molecule has 0 aliphatic carbocycles. The molecule has 3 aromatic rings. The van der Waals surface area contributed by atoms with E-state index in [-0.39, 0.29) is 18.5 Å². The molecule has 1 N–H and O–H groups in total. The molecule has 200 valence electrons. The van der Waals surface area contributed by atoms with Crippen molar-refractivity contribution in [3.05, 3.63) is 83.2 Å². The van der Waals surface area contributed by atoms with Gasteiger partial charge in [-0.15, -0.1) is 11.8 Å². The maximum atomic E-state index is 14.6. The van der Waals surface area contributed by atoms with Gasteiger partial charge in [0.05, 0.1) is 6.67 Å². The Morgan fingerprint density at radius 3 is 2.55 bits per heavy atom. The number of aromatic hydroxyl groups is 1. The van der Waals surface area contributed by atoms with Crippen LogP contribution in [0.15, 0.2) is 65.6 Å². The molecule has 5 rings (SSSR count). The average molecular weight is 546 g/mol. The van der Waals surface area contributed by atoms with Gasteiger partial charge in [0.15, 0.2) is 11.6 Å². The van der Waals surface area contributed by atoms with Gasteiger partial charge in [-0.05, 0) is 83.1 Å². The molecule has 1 fully saturated rings. The number of hydrogen-bond acceptors (Lipinski definition) is 5. The van der Waals surface area contributed by atoms with Crippen molar-refractivity contribution in [1.82, 2.24) is 4.90 Å². The Kier molecular flexibility index (Phi) is 8.14. The molecule has 2 aliphatic heterocycles. The van der Waals surface area contributed by atoms with Crippen LogP contribution in [0.4, 0.5) is 17.6 Å². The van der Waals surface area contributed by atoms with E-state index in [4.69, 9.17) is 4.74 Å². The number of rotatable bonds is 9. The van der Waals surface area contributed by atoms with Gasteiger partial charge in [0.25, 0.3) is 0 Å². The van der Waals surface area contributed by atoms with E-state index < -0.39 is 18.2 Å². The van der Waals surface area contributed by atoms with E-state index in [9.17, 15) is 22.7 Å². The van der Waals surface area contributed by atoms with Crippen molar-refractivity contribution in [2.24, 2.45) is 0 Å². The smallest absolute Gasteiger partial charge is 0.387 e. The van der Waals surface area contributed by atoms with E-state index in [1.165, 1.54) is 23.9 Å². The molecule has 3 aromatic carbocycles. The zero-order chi connectivity index (χ0) is 26.6. The van der Waals surface area contributed by atoms with Gasteiger partial charge in [0.2, 0.25) is 0 Å². The van der Waals surface area contributed by atoms with Crippen molar-refractivity contribution in [3.63, 3.8) is 0 Å². The van der Waals surface area contributed by atoms with E-state index in [1.807, 2.05) is 30.3 Å². The largest absolute Gasteiger partial charge is 0.508 e. The van der Waals surface area contributed by atoms with Gasteiger partial charge in [-0.2, -0.15) is 8.78 Å². The molecule has 4 nitrogen and oxygen atoms in total. The lowest BCUT2D eigenvalue weighted by atomic mass is 9.89. The predicted octanol–water partition coefficient (Wildman–Crippen LogP) is 7.01. The minimum Gasteiger partial charge on any atom is -0.508 e. The highest BCUT2D eigenvalue weighted by atomic mass is 32.2. The van der Waals surface area contributed by atoms with E-state index in [2.05, 4.69) is 9.64 Å². The molecule has 1 atom stereocenters. The summed E-state index contributed by atoms with van der Waals surface area (Å²) in [5.41, 5.74) is 4.03. The van der Waals surface area contributed by atoms with Crippen LogP contribution < -0.4 is 9.47 Å². The Hall–Kier alpha value is -3.17. The van der Waals surface area contributed by atoms with Gasteiger partial charge < -0.3 is 14.6 Å². The van der Waals surface area contributed by atoms with Crippen molar-refractivity contribution >= 4 is 22.9 Å². The Bertz CT molecular complexity index is 1320. The van der Waals surface area contributed by atoms with Crippen LogP contribution in [0.3, 0.4) is 0 Å². The molecular weight excluding hydrogens is 518 g/mol. The second-order valence-corrected chi connectivity index (χ2v) is 10.3. The molecule has 0 unspecified atom stereocenters. The molecule has 0 bridgehead atoms. The third-order valence-electron chi connectivity index (χ3n) is 6.69. The SMILES string of the molecule is Oc1ccc2c(c1)SCC(c1ccc(OC(F)F)c(F)c1)=C2c1ccc(O[C@H]2CCN(CCCF)C2)cc1. The molecule has 1 saturated heterocycles. The molecular formula is C29H27F4NO3S. The number of likely N-dealkylation sites (tertiary alicyclic amines) is 1. The lowest BCUT2D eigenvalue weighted by molar-refractivity contribution is -0.0521. The van der Waals surface area contributed by atoms with Gasteiger partial charge in [0, 0.05) is 30.3 Å². The fraction of sp³-hybridized carbons (Fsp3) is 0.310. The molecule has 2 heterocycles. The first kappa shape index (κ1) is 26.4. The van der Waals surface area contributed by atoms with Crippen molar-refractivity contribution in [3.8, 4) is 17.2 Å². The first-order valence-electron chi connectivity index (χ1n) is 12.4. The van der Waals surface area contributed by atoms with E-state index in [0.717, 1.165) is 59.0 Å². The third-order valence-corrected chi connectivity index (χ3v) is 7.77. The van der Waals surface area contributed by atoms with Crippen LogP contribution in [0.1, 0.15) is 29.5 Å². The van der Waals surface area contributed by atoms with Crippen molar-refractivity contribution in [2.75, 3.05) is 32.1 Å². The lowest BCUT2D eigenvalue weighted by Crippen LogP contribution is -2.26. The minimum atomic E-state index is -3.11. The van der Waals surface area contributed by atoms with Gasteiger partial charge in [0.1, 0.15) is 17.6 Å². The van der Waals surface area contributed by atoms with Crippen LogP contribution in [0.25, 0.3) is 11.1 Å². The lowest BCUT2D eigenvalue weighted by Gasteiger charge is -2.25. The van der Waals surface area contributed by atoms with Crippen LogP contribution in [-0.4, -0.2) is 54.8 Å². The van der Waals surface area contributed by atoms with E-state index >= 15 is 0 Å². The number of hydrogen-bond donors (Lipinski definition) is 1. The molecule has 9 heteroatoms. The van der Waals surface area contributed by atoms with Crippen molar-refractivity contribution in [1.29, 1.82) is 0 Å². The molecule has 0 amide bonds. The Morgan fingerprint density at radius 2 is 1.82 bits per heavy atom. The standard InChI is InChI=1S/C29H27F4NO3S/c30-11-1-12-34-13-10-22(16-34)36-21-6-2-18(3-7-21)28-23-8-5-20(35)15-27(23)38-17-24(28)19-4-9-26(25(31)14-19)37-29(32)33/h2-9,14-15,22,29,35H,1,10-13,16-17H2/t22-/m0/s1. The van der Waals surface area contributed by atoms with Gasteiger partial charge in [-0.1, -0.05) is 18.2 Å². The molecule has 2 aliphatic rings. The highest BCUT2D eigenvalue weighted by Crippen LogP contribution is 2.46. The summed E-state index contributed by atoms with van der Waals surface area (Å²) in [5.74, 6) is 0.00623. The quantitative estimate of drug-likeness (QED) is 0.293. The maximum absolute atomic E-state index is 14.6. The summed E-state index contributed by atoms with van der Waals surface area (Å²) in [6.45, 7) is -1.05. The Balaban J connectivity index is 1.45. The number of fused-ring (bicyclic) bond motifs is 1. The summed E-state index contributed by atoms with van der Waals surface area (Å²) < 4.78 is 62.8. The van der Waals surface area contributed by atoms with Crippen molar-refractivity contribution < 1.29 is 32.1 Å². The zero-order valence-corrected chi connectivity index (χ0v) is 21.3. The fourth-order valence-corrected chi connectivity index (χ4v) is 6.07. The van der Waals surface area contributed by atoms with Crippen LogP contribution in [0, 0.1) is 5.82 Å². The second kappa shape index (κ2) is 11.7. The number of phenolic OH excluding ortho intramolecular Hbond substituents is 1. The second-order valence-electron chi connectivity index (χ2n) is 9.24. The topological polar surface area (TPSA) is 41.9 Å². The molecule has 0 radical (unpaired) electrons. The molecule has 38 heavy (non-hydrogen) atoms. The number of benzene rings is 3. The third kappa shape index (κ3) is 5.94. The number of halogens is 4. The maximum Gasteiger partial charge on any atom is 0.387 e. The number of nitrogens with zero attached hydrogens (tertiary/aromatic N) is 1. The van der Waals surface area contributed by atoms with Crippen LogP contribution in [0.5, 0.6) is 17.2 Å². The monoisotopic (exact) mass is 545 g/mol. The first-order valence-corrected chi connectivity index (χ1v) is 13.4. The summed E-state index contributed by atoms with van der Waals surface area (Å²) >= 11 is 1.51. The first-order chi connectivity index (χ1) is 18.4. The summed E-state index contributed by atoms with van der Waals surface area (Å²) in [5, 5.41) is 10.0. The molecule has 0 saturated carbocycles. The summed E-state index contributed by atoms with van der Waals surface area (Å²) in [7, 11) is 0. The summed E-state index contributed by atoms with van der Waals surface area (Å²) in [4.78, 5) is 3.10.